The number of aromatic nitrogens is 3. The Morgan fingerprint density at radius 1 is 1.41 bits per heavy atom. The Kier molecular flexibility index (Phi) is 2.86. The first-order valence-electron chi connectivity index (χ1n) is 5.22. The summed E-state index contributed by atoms with van der Waals surface area (Å²) in [4.78, 5) is 0. The van der Waals surface area contributed by atoms with Crippen molar-refractivity contribution in [2.24, 2.45) is 11.1 Å². The van der Waals surface area contributed by atoms with Gasteiger partial charge in [-0.3, -0.25) is 0 Å². The van der Waals surface area contributed by atoms with Gasteiger partial charge in [0.1, 0.15) is 5.69 Å². The van der Waals surface area contributed by atoms with E-state index in [1.165, 1.54) is 0 Å². The van der Waals surface area contributed by atoms with E-state index in [1.54, 1.807) is 0 Å². The highest BCUT2D eigenvalue weighted by atomic mass is 19.4. The van der Waals surface area contributed by atoms with E-state index in [9.17, 15) is 13.2 Å². The molecule has 0 atom stereocenters. The molecule has 1 aromatic heterocycles. The maximum absolute atomic E-state index is 12.8. The summed E-state index contributed by atoms with van der Waals surface area (Å²) in [6, 6.07) is 0. The van der Waals surface area contributed by atoms with Gasteiger partial charge < -0.3 is 10.8 Å². The van der Waals surface area contributed by atoms with Crippen molar-refractivity contribution in [3.63, 3.8) is 0 Å². The van der Waals surface area contributed by atoms with Gasteiger partial charge in [0.25, 0.3) is 0 Å². The average Bonchev–Trinajstić information content (AvgIpc) is 2.89. The van der Waals surface area contributed by atoms with E-state index in [1.807, 2.05) is 0 Å². The lowest BCUT2D eigenvalue weighted by Crippen LogP contribution is -2.23. The molecule has 5 nitrogen and oxygen atoms in total. The fourth-order valence-corrected chi connectivity index (χ4v) is 1.77. The molecule has 3 N–H and O–H groups in total. The molecule has 1 saturated carbocycles. The number of rotatable bonds is 4. The van der Waals surface area contributed by atoms with Gasteiger partial charge >= 0.3 is 6.18 Å². The largest absolute Gasteiger partial charge is 0.434 e. The van der Waals surface area contributed by atoms with Crippen LogP contribution in [0.15, 0.2) is 0 Å². The topological polar surface area (TPSA) is 77.0 Å². The minimum atomic E-state index is -4.52. The molecule has 17 heavy (non-hydrogen) atoms. The molecule has 0 amide bonds. The molecular weight excluding hydrogens is 237 g/mol. The highest BCUT2D eigenvalue weighted by molar-refractivity contribution is 5.14. The van der Waals surface area contributed by atoms with E-state index >= 15 is 0 Å². The number of nitrogens with zero attached hydrogens (tertiary/aromatic N) is 3. The van der Waals surface area contributed by atoms with Crippen LogP contribution in [-0.2, 0) is 19.3 Å². The summed E-state index contributed by atoms with van der Waals surface area (Å²) >= 11 is 0. The second kappa shape index (κ2) is 3.95. The maximum Gasteiger partial charge on any atom is 0.434 e. The van der Waals surface area contributed by atoms with Gasteiger partial charge in [0.15, 0.2) is 5.69 Å². The summed E-state index contributed by atoms with van der Waals surface area (Å²) in [5.41, 5.74) is 3.59. The Balaban J connectivity index is 2.31. The Morgan fingerprint density at radius 3 is 2.47 bits per heavy atom. The third-order valence-corrected chi connectivity index (χ3v) is 3.04. The van der Waals surface area contributed by atoms with Crippen LogP contribution in [0.3, 0.4) is 0 Å². The van der Waals surface area contributed by atoms with Crippen LogP contribution in [0.1, 0.15) is 24.2 Å². The van der Waals surface area contributed by atoms with Gasteiger partial charge in [-0.1, -0.05) is 5.21 Å². The molecule has 1 heterocycles. The molecule has 0 aliphatic heterocycles. The molecule has 1 aromatic rings. The van der Waals surface area contributed by atoms with Crippen molar-refractivity contribution < 1.29 is 18.3 Å². The minimum absolute atomic E-state index is 0.0331. The van der Waals surface area contributed by atoms with Crippen molar-refractivity contribution in [2.45, 2.75) is 32.1 Å². The average molecular weight is 250 g/mol. The van der Waals surface area contributed by atoms with E-state index in [0.717, 1.165) is 4.68 Å². The Labute approximate surface area is 95.4 Å². The van der Waals surface area contributed by atoms with Crippen molar-refractivity contribution >= 4 is 0 Å². The van der Waals surface area contributed by atoms with Crippen molar-refractivity contribution in [3.05, 3.63) is 11.4 Å². The van der Waals surface area contributed by atoms with Crippen molar-refractivity contribution in [3.8, 4) is 0 Å². The zero-order chi connectivity index (χ0) is 12.7. The first-order chi connectivity index (χ1) is 7.92. The van der Waals surface area contributed by atoms with Crippen molar-refractivity contribution in [2.75, 3.05) is 6.61 Å². The molecule has 0 unspecified atom stereocenters. The van der Waals surface area contributed by atoms with Crippen LogP contribution >= 0.6 is 0 Å². The number of nitrogens with two attached hydrogens (primary N) is 1. The Hall–Kier alpha value is -1.15. The first kappa shape index (κ1) is 12.3. The molecule has 1 fully saturated rings. The highest BCUT2D eigenvalue weighted by Crippen LogP contribution is 2.47. The Morgan fingerprint density at radius 2 is 2.06 bits per heavy atom. The fraction of sp³-hybridized carbons (Fsp3) is 0.778. The number of halogens is 3. The summed E-state index contributed by atoms with van der Waals surface area (Å²) in [6.07, 6.45) is -3.11. The second-order valence-corrected chi connectivity index (χ2v) is 4.40. The van der Waals surface area contributed by atoms with E-state index in [4.69, 9.17) is 10.8 Å². The number of alkyl halides is 3. The molecule has 96 valence electrons. The van der Waals surface area contributed by atoms with Gasteiger partial charge in [0, 0.05) is 12.0 Å². The minimum Gasteiger partial charge on any atom is -0.396 e. The van der Waals surface area contributed by atoms with Crippen LogP contribution in [0.4, 0.5) is 13.2 Å². The van der Waals surface area contributed by atoms with E-state index in [2.05, 4.69) is 10.3 Å². The van der Waals surface area contributed by atoms with Gasteiger partial charge in [-0.05, 0) is 12.8 Å². The summed E-state index contributed by atoms with van der Waals surface area (Å²) in [7, 11) is 0. The predicted molar refractivity (Wildman–Crippen MR) is 51.7 cm³/mol. The van der Waals surface area contributed by atoms with Gasteiger partial charge in [-0.2, -0.15) is 13.2 Å². The lowest BCUT2D eigenvalue weighted by atomic mass is 10.1. The molecule has 0 radical (unpaired) electrons. The van der Waals surface area contributed by atoms with Crippen LogP contribution in [-0.4, -0.2) is 26.7 Å². The number of hydrogen-bond acceptors (Lipinski definition) is 4. The summed E-state index contributed by atoms with van der Waals surface area (Å²) in [5, 5.41) is 16.0. The van der Waals surface area contributed by atoms with Crippen LogP contribution in [0.25, 0.3) is 0 Å². The van der Waals surface area contributed by atoms with E-state index < -0.39 is 17.3 Å². The van der Waals surface area contributed by atoms with E-state index in [-0.39, 0.29) is 25.4 Å². The van der Waals surface area contributed by atoms with Gasteiger partial charge in [0.2, 0.25) is 0 Å². The molecule has 0 bridgehead atoms. The zero-order valence-corrected chi connectivity index (χ0v) is 9.04. The number of aliphatic hydroxyl groups excluding tert-OH is 1. The van der Waals surface area contributed by atoms with E-state index in [0.29, 0.717) is 12.8 Å². The zero-order valence-electron chi connectivity index (χ0n) is 9.04. The third kappa shape index (κ3) is 2.27. The molecule has 0 spiro atoms. The maximum atomic E-state index is 12.8. The number of aliphatic hydroxyl groups is 1. The van der Waals surface area contributed by atoms with Gasteiger partial charge in [-0.25, -0.2) is 4.68 Å². The third-order valence-electron chi connectivity index (χ3n) is 3.04. The quantitative estimate of drug-likeness (QED) is 0.817. The summed E-state index contributed by atoms with van der Waals surface area (Å²) in [6.45, 7) is -0.408. The standard InChI is InChI=1S/C9H13F3N4O/c10-9(11,12)7-6(3-13)14-15-16(7)4-8(5-17)1-2-8/h17H,1-5,13H2. The molecular formula is C9H13F3N4O. The van der Waals surface area contributed by atoms with Crippen LogP contribution in [0, 0.1) is 5.41 Å². The van der Waals surface area contributed by atoms with Gasteiger partial charge in [0.05, 0.1) is 13.2 Å². The summed E-state index contributed by atoms with van der Waals surface area (Å²) in [5.74, 6) is 0. The smallest absolute Gasteiger partial charge is 0.396 e. The molecule has 2 rings (SSSR count). The van der Waals surface area contributed by atoms with Crippen LogP contribution in [0.2, 0.25) is 0 Å². The highest BCUT2D eigenvalue weighted by Gasteiger charge is 2.46. The normalized spacial score (nSPS) is 18.4. The SMILES string of the molecule is NCc1nnn(CC2(CO)CC2)c1C(F)(F)F. The monoisotopic (exact) mass is 250 g/mol. The molecule has 0 aromatic carbocycles. The fourth-order valence-electron chi connectivity index (χ4n) is 1.77. The van der Waals surface area contributed by atoms with Gasteiger partial charge in [-0.15, -0.1) is 5.10 Å². The lowest BCUT2D eigenvalue weighted by Gasteiger charge is -2.15. The first-order valence-corrected chi connectivity index (χ1v) is 5.22. The van der Waals surface area contributed by atoms with Crippen molar-refractivity contribution in [1.29, 1.82) is 0 Å². The van der Waals surface area contributed by atoms with Crippen molar-refractivity contribution in [1.82, 2.24) is 15.0 Å². The van der Waals surface area contributed by atoms with Crippen LogP contribution < -0.4 is 5.73 Å². The van der Waals surface area contributed by atoms with Crippen LogP contribution in [0.5, 0.6) is 0 Å². The molecule has 1 aliphatic carbocycles. The second-order valence-electron chi connectivity index (χ2n) is 4.40. The molecule has 0 saturated heterocycles. The predicted octanol–water partition coefficient (Wildman–Crippen LogP) is 0.528. The molecule has 8 heteroatoms. The summed E-state index contributed by atoms with van der Waals surface area (Å²) < 4.78 is 39.2. The number of hydrogen-bond donors (Lipinski definition) is 2. The lowest BCUT2D eigenvalue weighted by molar-refractivity contribution is -0.145. The molecule has 1 aliphatic rings. The Bertz CT molecular complexity index is 411.